The van der Waals surface area contributed by atoms with Crippen LogP contribution < -0.4 is 0 Å². The van der Waals surface area contributed by atoms with Gasteiger partial charge in [-0.05, 0) is 326 Å². The number of fused-ring (bicyclic) bond motifs is 34. The molecule has 6 aliphatic rings. The van der Waals surface area contributed by atoms with Crippen LogP contribution >= 0.6 is 0 Å². The van der Waals surface area contributed by atoms with Crippen molar-refractivity contribution >= 4 is 96.3 Å². The second-order valence-electron chi connectivity index (χ2n) is 41.7. The van der Waals surface area contributed by atoms with E-state index in [0.29, 0.717) is 0 Å². The van der Waals surface area contributed by atoms with Gasteiger partial charge in [-0.3, -0.25) is 4.21 Å². The van der Waals surface area contributed by atoms with Crippen molar-refractivity contribution in [3.05, 3.63) is 457 Å². The molecule has 4 aromatic heterocycles. The lowest BCUT2D eigenvalue weighted by Crippen LogP contribution is -2.30. The van der Waals surface area contributed by atoms with Crippen molar-refractivity contribution in [1.29, 1.82) is 0 Å². The lowest BCUT2D eigenvalue weighted by Gasteiger charge is -2.39. The van der Waals surface area contributed by atoms with E-state index in [1.165, 1.54) is 154 Å². The SMILES string of the molecule is CC1(C)c2ccccc2-c2cc3c4ccccc4n(-c4cccc(-c5ccc6c(c5)-c5cc(-c7cccc(-n8c9ccccc9c9cc%10c(cc98)C(C)(C)c8ccccc8-%10)c7)ccc5S65(=O)c6ccc(-c7cccc(-n8c9ccccc9c9cc%10c(cc98)C(C)(C)c8ccccc8-%10)c7)cc6-c6cc(-c7cccc(-n8c9ccccc9c9cc%10c(cc98)C(C)(C)c8ccccc8-%10)c7)ccc65)c4)c3cc21. The first-order valence-electron chi connectivity index (χ1n) is 48.6. The van der Waals surface area contributed by atoms with Crippen molar-refractivity contribution in [1.82, 2.24) is 18.3 Å². The average Bonchev–Trinajstić information content (AvgIpc) is 1.46. The highest BCUT2D eigenvalue weighted by Crippen LogP contribution is 2.73. The standard InChI is InChI=1S/C132H92N4OS/c1-129(2)109-45-17-9-37-89(109)97-69-101-93-41-13-21-49-117(93)133(121(101)73-113(97)129)85-33-25-29-77(61-85)81-53-57-125-105(65-81)106-66-82(78-30-26-34-86(62-78)134-118-50-22-14-42-94(118)102-70-98-90-38-10-18-46-110(90)130(3,4)114(98)74-122(102)134)54-58-126(106)138(125,137)127-59-55-83(79-31-27-35-87(63-79)135-119-51-23-15-43-95(119)103-71-99-91-39-11-19-47-111(91)131(5,6)115(99)75-123(103)135)67-107(127)108-68-84(56-60-128(108)138)80-32-28-36-88(64-80)136-120-52-24-16-44-96(120)104-72-100-92-40-12-20-48-112(92)132(7,8)116(100)76-124(104)136/h9-76H,1-8H3. The first kappa shape index (κ1) is 78.1. The van der Waals surface area contributed by atoms with Gasteiger partial charge in [0, 0.05) is 116 Å². The molecule has 6 heteroatoms. The summed E-state index contributed by atoms with van der Waals surface area (Å²) in [5.41, 5.74) is 46.3. The predicted octanol–water partition coefficient (Wildman–Crippen LogP) is 34.3. The number of aromatic nitrogens is 4. The van der Waals surface area contributed by atoms with Gasteiger partial charge in [0.25, 0.3) is 0 Å². The van der Waals surface area contributed by atoms with E-state index in [1.54, 1.807) is 0 Å². The van der Waals surface area contributed by atoms with Crippen molar-refractivity contribution in [2.45, 2.75) is 96.6 Å². The van der Waals surface area contributed by atoms with Crippen molar-refractivity contribution in [2.75, 3.05) is 0 Å². The molecule has 5 nitrogen and oxygen atoms in total. The Labute approximate surface area is 800 Å². The molecule has 4 aliphatic carbocycles. The monoisotopic (exact) mass is 1780 g/mol. The minimum atomic E-state index is -4.69. The maximum Gasteiger partial charge on any atom is 0.0544 e. The molecule has 0 unspecified atom stereocenters. The van der Waals surface area contributed by atoms with Gasteiger partial charge in [-0.1, -0.05) is 298 Å². The largest absolute Gasteiger partial charge is 0.309 e. The molecule has 0 atom stereocenters. The van der Waals surface area contributed by atoms with E-state index >= 15 is 4.21 Å². The molecule has 652 valence electrons. The van der Waals surface area contributed by atoms with E-state index in [9.17, 15) is 0 Å². The maximum atomic E-state index is 20.1. The molecule has 0 amide bonds. The van der Waals surface area contributed by atoms with Crippen molar-refractivity contribution < 1.29 is 4.21 Å². The minimum Gasteiger partial charge on any atom is -0.309 e. The van der Waals surface area contributed by atoms with Gasteiger partial charge < -0.3 is 18.3 Å². The smallest absolute Gasteiger partial charge is 0.0544 e. The summed E-state index contributed by atoms with van der Waals surface area (Å²) < 4.78 is 30.0. The molecule has 1 spiro atoms. The Kier molecular flexibility index (Phi) is 15.2. The quantitative estimate of drug-likeness (QED) is 0.149. The zero-order valence-electron chi connectivity index (χ0n) is 77.9. The van der Waals surface area contributed by atoms with Crippen LogP contribution in [0.4, 0.5) is 0 Å². The molecule has 0 bridgehead atoms. The zero-order chi connectivity index (χ0) is 91.9. The number of nitrogens with zero attached hydrogens (tertiary/aromatic N) is 4. The molecular formula is C132H92N4OS. The van der Waals surface area contributed by atoms with Gasteiger partial charge in [0.1, 0.15) is 0 Å². The summed E-state index contributed by atoms with van der Waals surface area (Å²) >= 11 is 0. The molecule has 0 N–H and O–H groups in total. The van der Waals surface area contributed by atoms with Gasteiger partial charge in [0.15, 0.2) is 0 Å². The van der Waals surface area contributed by atoms with E-state index < -0.39 is 9.07 Å². The van der Waals surface area contributed by atoms with E-state index in [2.05, 4.69) is 486 Å². The Bertz CT molecular complexity index is 8700. The van der Waals surface area contributed by atoms with E-state index in [0.717, 1.165) is 131 Å². The first-order valence-corrected chi connectivity index (χ1v) is 50.6. The molecule has 2 aliphatic heterocycles. The van der Waals surface area contributed by atoms with Crippen LogP contribution in [-0.4, -0.2) is 22.5 Å². The van der Waals surface area contributed by atoms with Gasteiger partial charge in [0.05, 0.1) is 44.1 Å². The third-order valence-electron chi connectivity index (χ3n) is 33.4. The molecule has 6 heterocycles. The Morgan fingerprint density at radius 1 is 0.159 bits per heavy atom. The molecule has 0 saturated heterocycles. The van der Waals surface area contributed by atoms with Crippen LogP contribution in [0, 0.1) is 0 Å². The second kappa shape index (κ2) is 26.9. The van der Waals surface area contributed by atoms with Crippen LogP contribution in [0.15, 0.2) is 432 Å². The van der Waals surface area contributed by atoms with Crippen LogP contribution in [0.2, 0.25) is 0 Å². The molecule has 24 aromatic rings. The minimum absolute atomic E-state index is 0.196. The fourth-order valence-corrected chi connectivity index (χ4v) is 31.9. The summed E-state index contributed by atoms with van der Waals surface area (Å²) in [6, 6.07) is 156. The Hall–Kier alpha value is -16.3. The number of para-hydroxylation sites is 4. The molecular weight excluding hydrogens is 1690 g/mol. The number of benzene rings is 20. The highest BCUT2D eigenvalue weighted by Gasteiger charge is 2.58. The number of hydrogen-bond acceptors (Lipinski definition) is 1. The van der Waals surface area contributed by atoms with Gasteiger partial charge in [-0.15, -0.1) is 0 Å². The summed E-state index contributed by atoms with van der Waals surface area (Å²) in [5.74, 6) is 0. The average molecular weight is 1780 g/mol. The molecule has 0 saturated carbocycles. The molecule has 0 radical (unpaired) electrons. The lowest BCUT2D eigenvalue weighted by atomic mass is 9.82. The van der Waals surface area contributed by atoms with Gasteiger partial charge in [-0.2, -0.15) is 0 Å². The van der Waals surface area contributed by atoms with Crippen molar-refractivity contribution in [3.63, 3.8) is 0 Å². The highest BCUT2D eigenvalue weighted by atomic mass is 32.3. The van der Waals surface area contributed by atoms with E-state index in [-0.39, 0.29) is 21.7 Å². The van der Waals surface area contributed by atoms with Gasteiger partial charge in [0.2, 0.25) is 0 Å². The first-order chi connectivity index (χ1) is 67.3. The van der Waals surface area contributed by atoms with Crippen LogP contribution in [0.5, 0.6) is 0 Å². The number of rotatable bonds is 8. The zero-order valence-corrected chi connectivity index (χ0v) is 78.7. The summed E-state index contributed by atoms with van der Waals surface area (Å²) in [4.78, 5) is 3.25. The maximum absolute atomic E-state index is 20.1. The molecule has 0 fully saturated rings. The van der Waals surface area contributed by atoms with Gasteiger partial charge in [-0.25, -0.2) is 0 Å². The van der Waals surface area contributed by atoms with Crippen LogP contribution in [0.25, 0.3) is 221 Å². The fraction of sp³-hybridized carbons (Fsp3) is 0.0909. The van der Waals surface area contributed by atoms with Crippen LogP contribution in [0.3, 0.4) is 0 Å². The third kappa shape index (κ3) is 9.96. The summed E-state index contributed by atoms with van der Waals surface area (Å²) in [5, 5.41) is 9.81. The van der Waals surface area contributed by atoms with Crippen molar-refractivity contribution in [2.24, 2.45) is 0 Å². The number of hydrogen-bond donors (Lipinski definition) is 0. The van der Waals surface area contributed by atoms with E-state index in [4.69, 9.17) is 0 Å². The Morgan fingerprint density at radius 2 is 0.370 bits per heavy atom. The van der Waals surface area contributed by atoms with Crippen LogP contribution in [-0.2, 0) is 30.7 Å². The predicted molar refractivity (Wildman–Crippen MR) is 574 cm³/mol. The third-order valence-corrected chi connectivity index (χ3v) is 38.2. The Balaban J connectivity index is 0.632. The lowest BCUT2D eigenvalue weighted by molar-refractivity contribution is 0.658. The topological polar surface area (TPSA) is 36.8 Å². The van der Waals surface area contributed by atoms with Gasteiger partial charge >= 0.3 is 0 Å². The fourth-order valence-electron chi connectivity index (χ4n) is 26.8. The van der Waals surface area contributed by atoms with Crippen LogP contribution in [0.1, 0.15) is 99.9 Å². The van der Waals surface area contributed by atoms with E-state index in [1.807, 2.05) is 0 Å². The van der Waals surface area contributed by atoms with Crippen molar-refractivity contribution in [3.8, 4) is 134 Å². The summed E-state index contributed by atoms with van der Waals surface area (Å²) in [6.07, 6.45) is 0. The Morgan fingerprint density at radius 3 is 0.609 bits per heavy atom. The highest BCUT2D eigenvalue weighted by molar-refractivity contribution is 8.21. The summed E-state index contributed by atoms with van der Waals surface area (Å²) in [7, 11) is -4.69. The molecule has 138 heavy (non-hydrogen) atoms. The molecule has 20 aromatic carbocycles. The second-order valence-corrected chi connectivity index (χ2v) is 45.4. The molecule has 30 rings (SSSR count). The summed E-state index contributed by atoms with van der Waals surface area (Å²) in [6.45, 7) is 19.0. The normalized spacial score (nSPS) is 15.7.